The summed E-state index contributed by atoms with van der Waals surface area (Å²) in [5, 5.41) is 11.6. The number of thioether (sulfide) groups is 2. The first kappa shape index (κ1) is 19.9. The van der Waals surface area contributed by atoms with Gasteiger partial charge < -0.3 is 0 Å². The van der Waals surface area contributed by atoms with Crippen molar-refractivity contribution in [2.45, 2.75) is 22.9 Å². The lowest BCUT2D eigenvalue weighted by atomic mass is 10.1. The Morgan fingerprint density at radius 3 is 2.41 bits per heavy atom. The molecule has 27 heavy (non-hydrogen) atoms. The summed E-state index contributed by atoms with van der Waals surface area (Å²) in [5.41, 5.74) is 2.58. The number of benzene rings is 2. The van der Waals surface area contributed by atoms with Gasteiger partial charge in [0.05, 0.1) is 5.75 Å². The van der Waals surface area contributed by atoms with Crippen molar-refractivity contribution in [1.82, 2.24) is 10.2 Å². The molecular weight excluding hydrogens is 394 g/mol. The van der Waals surface area contributed by atoms with Gasteiger partial charge in [0.1, 0.15) is 0 Å². The number of aromatic nitrogens is 2. The largest absolute Gasteiger partial charge is 0.300 e. The Kier molecular flexibility index (Phi) is 8.20. The van der Waals surface area contributed by atoms with Crippen LogP contribution in [0.5, 0.6) is 0 Å². The van der Waals surface area contributed by atoms with Crippen LogP contribution in [0.3, 0.4) is 0 Å². The molecule has 1 aromatic heterocycles. The van der Waals surface area contributed by atoms with E-state index < -0.39 is 0 Å². The van der Waals surface area contributed by atoms with E-state index in [0.29, 0.717) is 10.9 Å². The number of nitrogens with zero attached hydrogens (tertiary/aromatic N) is 2. The van der Waals surface area contributed by atoms with Gasteiger partial charge in [0.25, 0.3) is 0 Å². The summed E-state index contributed by atoms with van der Waals surface area (Å²) in [5.74, 6) is 2.19. The zero-order chi connectivity index (χ0) is 18.7. The molecule has 0 bridgehead atoms. The predicted molar refractivity (Wildman–Crippen MR) is 117 cm³/mol. The fourth-order valence-corrected chi connectivity index (χ4v) is 4.96. The number of anilines is 1. The molecule has 1 N–H and O–H groups in total. The van der Waals surface area contributed by atoms with Crippen LogP contribution in [0, 0.1) is 0 Å². The van der Waals surface area contributed by atoms with Crippen molar-refractivity contribution in [3.8, 4) is 0 Å². The van der Waals surface area contributed by atoms with E-state index in [-0.39, 0.29) is 5.91 Å². The first-order valence-electron chi connectivity index (χ1n) is 8.71. The minimum atomic E-state index is -0.0345. The maximum Gasteiger partial charge on any atom is 0.236 e. The van der Waals surface area contributed by atoms with Crippen LogP contribution in [0.2, 0.25) is 0 Å². The van der Waals surface area contributed by atoms with E-state index in [1.807, 2.05) is 24.3 Å². The molecule has 0 radical (unpaired) electrons. The van der Waals surface area contributed by atoms with Gasteiger partial charge in [-0.25, -0.2) is 0 Å². The molecule has 7 heteroatoms. The lowest BCUT2D eigenvalue weighted by Gasteiger charge is -2.02. The summed E-state index contributed by atoms with van der Waals surface area (Å²) in [7, 11) is 0. The lowest BCUT2D eigenvalue weighted by molar-refractivity contribution is -0.113. The van der Waals surface area contributed by atoms with Crippen molar-refractivity contribution in [3.05, 3.63) is 71.8 Å². The zero-order valence-corrected chi connectivity index (χ0v) is 17.3. The van der Waals surface area contributed by atoms with Crippen LogP contribution in [0.25, 0.3) is 0 Å². The molecule has 0 aliphatic heterocycles. The van der Waals surface area contributed by atoms with Crippen molar-refractivity contribution in [2.75, 3.05) is 16.8 Å². The summed E-state index contributed by atoms with van der Waals surface area (Å²) in [6, 6.07) is 20.6. The average Bonchev–Trinajstić information content (AvgIpc) is 3.14. The standard InChI is InChI=1S/C20H21N3OS3/c24-18(15-25-14-17-10-5-2-6-11-17)21-19-22-23-20(27-19)26-13-7-12-16-8-3-1-4-9-16/h1-6,8-11H,7,12-15H2,(H,21,22,24). The molecule has 0 fully saturated rings. The summed E-state index contributed by atoms with van der Waals surface area (Å²) in [4.78, 5) is 12.0. The third-order valence-corrected chi connectivity index (χ3v) is 6.74. The Labute approximate surface area is 172 Å². The third kappa shape index (κ3) is 7.36. The van der Waals surface area contributed by atoms with E-state index in [2.05, 4.69) is 51.9 Å². The van der Waals surface area contributed by atoms with Gasteiger partial charge >= 0.3 is 0 Å². The Balaban J connectivity index is 1.33. The highest BCUT2D eigenvalue weighted by atomic mass is 32.2. The number of nitrogens with one attached hydrogen (secondary N) is 1. The van der Waals surface area contributed by atoms with Gasteiger partial charge in [0, 0.05) is 11.5 Å². The first-order chi connectivity index (χ1) is 13.3. The third-order valence-electron chi connectivity index (χ3n) is 3.68. The minimum Gasteiger partial charge on any atom is -0.300 e. The van der Waals surface area contributed by atoms with Crippen molar-refractivity contribution in [3.63, 3.8) is 0 Å². The normalized spacial score (nSPS) is 10.7. The number of hydrogen-bond donors (Lipinski definition) is 1. The number of amides is 1. The molecule has 0 spiro atoms. The second-order valence-corrected chi connectivity index (χ2v) is 9.14. The Bertz CT molecular complexity index is 825. The van der Waals surface area contributed by atoms with E-state index in [9.17, 15) is 4.79 Å². The van der Waals surface area contributed by atoms with Crippen molar-refractivity contribution >= 4 is 45.9 Å². The fraction of sp³-hybridized carbons (Fsp3) is 0.250. The topological polar surface area (TPSA) is 54.9 Å². The molecule has 3 aromatic rings. The summed E-state index contributed by atoms with van der Waals surface area (Å²) >= 11 is 4.72. The summed E-state index contributed by atoms with van der Waals surface area (Å²) in [6.07, 6.45) is 2.15. The highest BCUT2D eigenvalue weighted by molar-refractivity contribution is 8.01. The minimum absolute atomic E-state index is 0.0345. The predicted octanol–water partition coefficient (Wildman–Crippen LogP) is 5.13. The molecule has 3 rings (SSSR count). The highest BCUT2D eigenvalue weighted by Crippen LogP contribution is 2.26. The SMILES string of the molecule is O=C(CSCc1ccccc1)Nc1nnc(SCCCc2ccccc2)s1. The van der Waals surface area contributed by atoms with Crippen molar-refractivity contribution in [2.24, 2.45) is 0 Å². The molecule has 0 aliphatic rings. The van der Waals surface area contributed by atoms with Crippen molar-refractivity contribution < 1.29 is 4.79 Å². The van der Waals surface area contributed by atoms with Gasteiger partial charge in [-0.1, -0.05) is 83.8 Å². The quantitative estimate of drug-likeness (QED) is 0.282. The summed E-state index contributed by atoms with van der Waals surface area (Å²) < 4.78 is 0.898. The maximum atomic E-state index is 12.0. The van der Waals surface area contributed by atoms with Gasteiger partial charge in [0.2, 0.25) is 11.0 Å². The van der Waals surface area contributed by atoms with E-state index >= 15 is 0 Å². The van der Waals surface area contributed by atoms with Crippen LogP contribution < -0.4 is 5.32 Å². The van der Waals surface area contributed by atoms with Gasteiger partial charge in [-0.15, -0.1) is 22.0 Å². The second-order valence-electron chi connectivity index (χ2n) is 5.84. The molecule has 0 unspecified atom stereocenters. The van der Waals surface area contributed by atoms with Crippen molar-refractivity contribution in [1.29, 1.82) is 0 Å². The Morgan fingerprint density at radius 1 is 0.963 bits per heavy atom. The lowest BCUT2D eigenvalue weighted by Crippen LogP contribution is -2.13. The fourth-order valence-electron chi connectivity index (χ4n) is 2.39. The molecule has 0 saturated heterocycles. The van der Waals surface area contributed by atoms with E-state index in [0.717, 1.165) is 28.7 Å². The van der Waals surface area contributed by atoms with Crippen LogP contribution in [0.15, 0.2) is 65.0 Å². The zero-order valence-electron chi connectivity index (χ0n) is 14.8. The molecule has 2 aromatic carbocycles. The Morgan fingerprint density at radius 2 is 1.67 bits per heavy atom. The average molecular weight is 416 g/mol. The van der Waals surface area contributed by atoms with Crippen LogP contribution in [0.4, 0.5) is 5.13 Å². The van der Waals surface area contributed by atoms with Crippen LogP contribution in [-0.2, 0) is 17.0 Å². The number of rotatable bonds is 10. The monoisotopic (exact) mass is 415 g/mol. The van der Waals surface area contributed by atoms with Crippen LogP contribution in [0.1, 0.15) is 17.5 Å². The van der Waals surface area contributed by atoms with Crippen LogP contribution in [-0.4, -0.2) is 27.6 Å². The van der Waals surface area contributed by atoms with E-state index in [1.165, 1.54) is 22.5 Å². The number of aryl methyl sites for hydroxylation is 1. The molecule has 0 aliphatic carbocycles. The molecule has 1 amide bonds. The number of hydrogen-bond acceptors (Lipinski definition) is 6. The van der Waals surface area contributed by atoms with Gasteiger partial charge in [-0.3, -0.25) is 10.1 Å². The van der Waals surface area contributed by atoms with Gasteiger partial charge in [-0.05, 0) is 24.0 Å². The van der Waals surface area contributed by atoms with Gasteiger partial charge in [-0.2, -0.15) is 0 Å². The summed E-state index contributed by atoms with van der Waals surface area (Å²) in [6.45, 7) is 0. The molecule has 4 nitrogen and oxygen atoms in total. The highest BCUT2D eigenvalue weighted by Gasteiger charge is 2.09. The molecule has 0 saturated carbocycles. The van der Waals surface area contributed by atoms with Gasteiger partial charge in [0.15, 0.2) is 4.34 Å². The smallest absolute Gasteiger partial charge is 0.236 e. The van der Waals surface area contributed by atoms with E-state index in [1.54, 1.807) is 23.5 Å². The maximum absolute atomic E-state index is 12.0. The Hall–Kier alpha value is -1.83. The number of carbonyl (C=O) groups excluding carboxylic acids is 1. The first-order valence-corrected chi connectivity index (χ1v) is 11.7. The van der Waals surface area contributed by atoms with Crippen LogP contribution >= 0.6 is 34.9 Å². The molecule has 0 atom stereocenters. The molecular formula is C20H21N3OS3. The second kappa shape index (κ2) is 11.1. The van der Waals surface area contributed by atoms with E-state index in [4.69, 9.17) is 0 Å². The molecule has 140 valence electrons. The molecule has 1 heterocycles. The number of carbonyl (C=O) groups is 1.